The van der Waals surface area contributed by atoms with Crippen LogP contribution in [0.3, 0.4) is 0 Å². The standard InChI is InChI=1S/C20H32ClN5O3S/c1-12(2)25-8-16(27)26(7-13-3-5-14(21)6-4-13)20(18(25)29)10-24(11-20)19-23-15(9-30-19)17(22)28/h12-15,19,23H,3-11H2,1-2H3,(H2,22,28). The summed E-state index contributed by atoms with van der Waals surface area (Å²) >= 11 is 7.89. The SMILES string of the molecule is CC(C)N1CC(=O)N(CC2CCC(Cl)CC2)C2(CN(C3NC(C(N)=O)CS3)C2)C1=O. The van der Waals surface area contributed by atoms with E-state index in [-0.39, 0.29) is 47.2 Å². The smallest absolute Gasteiger partial charge is 0.251 e. The van der Waals surface area contributed by atoms with E-state index in [1.54, 1.807) is 16.7 Å². The Hall–Kier alpha value is -1.03. The zero-order valence-corrected chi connectivity index (χ0v) is 19.3. The van der Waals surface area contributed by atoms with Gasteiger partial charge in [0, 0.05) is 36.8 Å². The molecule has 30 heavy (non-hydrogen) atoms. The predicted molar refractivity (Wildman–Crippen MR) is 117 cm³/mol. The summed E-state index contributed by atoms with van der Waals surface area (Å²) in [6, 6.07) is -0.367. The molecule has 3 amide bonds. The molecule has 3 heterocycles. The highest BCUT2D eigenvalue weighted by Gasteiger charge is 2.61. The first-order valence-electron chi connectivity index (χ1n) is 10.9. The average molecular weight is 458 g/mol. The zero-order valence-electron chi connectivity index (χ0n) is 17.7. The number of nitrogens with two attached hydrogens (primary N) is 1. The van der Waals surface area contributed by atoms with Crippen molar-refractivity contribution in [1.82, 2.24) is 20.0 Å². The second-order valence-electron chi connectivity index (χ2n) is 9.39. The van der Waals surface area contributed by atoms with Crippen molar-refractivity contribution in [2.75, 3.05) is 31.9 Å². The first-order chi connectivity index (χ1) is 14.2. The molecular formula is C20H32ClN5O3S. The number of piperazine rings is 1. The fourth-order valence-electron chi connectivity index (χ4n) is 5.11. The number of primary amides is 1. The highest BCUT2D eigenvalue weighted by atomic mass is 35.5. The molecule has 10 heteroatoms. The van der Waals surface area contributed by atoms with Crippen LogP contribution < -0.4 is 11.1 Å². The largest absolute Gasteiger partial charge is 0.368 e. The van der Waals surface area contributed by atoms with Crippen molar-refractivity contribution in [3.8, 4) is 0 Å². The Morgan fingerprint density at radius 2 is 1.93 bits per heavy atom. The Labute approximate surface area is 187 Å². The van der Waals surface area contributed by atoms with E-state index in [0.29, 0.717) is 31.3 Å². The number of likely N-dealkylation sites (tertiary alicyclic amines) is 1. The molecule has 4 aliphatic rings. The Bertz CT molecular complexity index is 709. The van der Waals surface area contributed by atoms with Crippen molar-refractivity contribution in [3.05, 3.63) is 0 Å². The number of carbonyl (C=O) groups excluding carboxylic acids is 3. The third-order valence-electron chi connectivity index (χ3n) is 6.99. The molecule has 168 valence electrons. The highest BCUT2D eigenvalue weighted by Crippen LogP contribution is 2.40. The molecule has 4 rings (SSSR count). The van der Waals surface area contributed by atoms with Gasteiger partial charge in [-0.1, -0.05) is 0 Å². The molecule has 1 aliphatic carbocycles. The van der Waals surface area contributed by atoms with Crippen molar-refractivity contribution >= 4 is 41.1 Å². The summed E-state index contributed by atoms with van der Waals surface area (Å²) in [6.07, 6.45) is 3.94. The minimum atomic E-state index is -0.801. The van der Waals surface area contributed by atoms with Crippen LogP contribution in [0.5, 0.6) is 0 Å². The maximum absolute atomic E-state index is 13.5. The van der Waals surface area contributed by atoms with E-state index in [2.05, 4.69) is 10.2 Å². The van der Waals surface area contributed by atoms with Gasteiger partial charge in [0.05, 0.1) is 6.04 Å². The molecule has 0 aromatic rings. The quantitative estimate of drug-likeness (QED) is 0.579. The fourth-order valence-corrected chi connectivity index (χ4v) is 6.62. The predicted octanol–water partition coefficient (Wildman–Crippen LogP) is 0.392. The molecule has 2 unspecified atom stereocenters. The van der Waals surface area contributed by atoms with Gasteiger partial charge < -0.3 is 15.5 Å². The molecule has 3 saturated heterocycles. The van der Waals surface area contributed by atoms with Gasteiger partial charge in [0.25, 0.3) is 5.91 Å². The van der Waals surface area contributed by atoms with E-state index in [4.69, 9.17) is 17.3 Å². The lowest BCUT2D eigenvalue weighted by Crippen LogP contribution is -2.82. The third-order valence-corrected chi connectivity index (χ3v) is 8.70. The Kier molecular flexibility index (Phi) is 6.27. The van der Waals surface area contributed by atoms with E-state index in [0.717, 1.165) is 25.7 Å². The van der Waals surface area contributed by atoms with Crippen LogP contribution >= 0.6 is 23.4 Å². The third kappa shape index (κ3) is 3.94. The summed E-state index contributed by atoms with van der Waals surface area (Å²) in [5.74, 6) is 0.754. The Morgan fingerprint density at radius 3 is 2.50 bits per heavy atom. The van der Waals surface area contributed by atoms with E-state index in [1.165, 1.54) is 0 Å². The van der Waals surface area contributed by atoms with Gasteiger partial charge in [0.2, 0.25) is 11.8 Å². The summed E-state index contributed by atoms with van der Waals surface area (Å²) in [5.41, 5.74) is 4.57. The number of rotatable bonds is 5. The minimum absolute atomic E-state index is 0.0144. The van der Waals surface area contributed by atoms with Crippen molar-refractivity contribution in [1.29, 1.82) is 0 Å². The van der Waals surface area contributed by atoms with Crippen LogP contribution in [0.15, 0.2) is 0 Å². The van der Waals surface area contributed by atoms with Crippen molar-refractivity contribution in [2.24, 2.45) is 11.7 Å². The lowest BCUT2D eigenvalue weighted by Gasteiger charge is -2.60. The normalized spacial score (nSPS) is 34.7. The molecule has 0 bridgehead atoms. The Balaban J connectivity index is 1.50. The summed E-state index contributed by atoms with van der Waals surface area (Å²) in [5, 5.41) is 3.48. The molecule has 1 saturated carbocycles. The lowest BCUT2D eigenvalue weighted by molar-refractivity contribution is -0.182. The summed E-state index contributed by atoms with van der Waals surface area (Å²) in [6.45, 7) is 5.67. The topological polar surface area (TPSA) is 99.0 Å². The van der Waals surface area contributed by atoms with Gasteiger partial charge in [-0.2, -0.15) is 0 Å². The van der Waals surface area contributed by atoms with Crippen molar-refractivity contribution < 1.29 is 14.4 Å². The van der Waals surface area contributed by atoms with Gasteiger partial charge in [0.1, 0.15) is 17.6 Å². The first kappa shape index (κ1) is 22.2. The first-order valence-corrected chi connectivity index (χ1v) is 12.4. The monoisotopic (exact) mass is 457 g/mol. The molecule has 1 spiro atoms. The number of hydrogen-bond donors (Lipinski definition) is 2. The second-order valence-corrected chi connectivity index (χ2v) is 11.1. The number of halogens is 1. The van der Waals surface area contributed by atoms with Crippen LogP contribution in [0.2, 0.25) is 0 Å². The van der Waals surface area contributed by atoms with Crippen LogP contribution in [0.4, 0.5) is 0 Å². The molecule has 0 radical (unpaired) electrons. The molecule has 3 aliphatic heterocycles. The number of nitrogens with zero attached hydrogens (tertiary/aromatic N) is 3. The molecule has 8 nitrogen and oxygen atoms in total. The van der Waals surface area contributed by atoms with E-state index in [1.807, 2.05) is 18.7 Å². The number of amides is 3. The number of nitrogens with one attached hydrogen (secondary N) is 1. The number of carbonyl (C=O) groups is 3. The van der Waals surface area contributed by atoms with Crippen LogP contribution in [-0.2, 0) is 14.4 Å². The molecule has 3 N–H and O–H groups in total. The van der Waals surface area contributed by atoms with Gasteiger partial charge >= 0.3 is 0 Å². The van der Waals surface area contributed by atoms with Crippen LogP contribution in [0.1, 0.15) is 39.5 Å². The average Bonchev–Trinajstić information content (AvgIpc) is 3.14. The zero-order chi connectivity index (χ0) is 21.6. The van der Waals surface area contributed by atoms with E-state index < -0.39 is 5.54 Å². The molecule has 0 aromatic heterocycles. The molecule has 2 atom stereocenters. The number of thioether (sulfide) groups is 1. The number of alkyl halides is 1. The van der Waals surface area contributed by atoms with Crippen molar-refractivity contribution in [3.63, 3.8) is 0 Å². The van der Waals surface area contributed by atoms with Gasteiger partial charge in [-0.05, 0) is 45.4 Å². The maximum Gasteiger partial charge on any atom is 0.251 e. The summed E-state index contributed by atoms with van der Waals surface area (Å²) in [4.78, 5) is 43.9. The lowest BCUT2D eigenvalue weighted by atomic mass is 9.81. The van der Waals surface area contributed by atoms with Gasteiger partial charge in [0.15, 0.2) is 0 Å². The van der Waals surface area contributed by atoms with Crippen molar-refractivity contribution in [2.45, 2.75) is 68.0 Å². The molecule has 0 aromatic carbocycles. The van der Waals surface area contributed by atoms with Gasteiger partial charge in [-0.3, -0.25) is 24.6 Å². The highest BCUT2D eigenvalue weighted by molar-refractivity contribution is 8.00. The van der Waals surface area contributed by atoms with Crippen LogP contribution in [-0.4, -0.2) is 92.9 Å². The molecule has 4 fully saturated rings. The van der Waals surface area contributed by atoms with Crippen LogP contribution in [0, 0.1) is 5.92 Å². The fraction of sp³-hybridized carbons (Fsp3) is 0.850. The Morgan fingerprint density at radius 1 is 1.27 bits per heavy atom. The van der Waals surface area contributed by atoms with Crippen LogP contribution in [0.25, 0.3) is 0 Å². The number of hydrogen-bond acceptors (Lipinski definition) is 6. The van der Waals surface area contributed by atoms with E-state index in [9.17, 15) is 14.4 Å². The molecular weight excluding hydrogens is 426 g/mol. The van der Waals surface area contributed by atoms with Gasteiger partial charge in [-0.15, -0.1) is 23.4 Å². The van der Waals surface area contributed by atoms with E-state index >= 15 is 0 Å². The second kappa shape index (κ2) is 8.48. The summed E-state index contributed by atoms with van der Waals surface area (Å²) in [7, 11) is 0. The minimum Gasteiger partial charge on any atom is -0.368 e. The maximum atomic E-state index is 13.5. The summed E-state index contributed by atoms with van der Waals surface area (Å²) < 4.78 is 0. The van der Waals surface area contributed by atoms with Gasteiger partial charge in [-0.25, -0.2) is 0 Å².